The predicted octanol–water partition coefficient (Wildman–Crippen LogP) is 2.47. The van der Waals surface area contributed by atoms with Gasteiger partial charge in [0.25, 0.3) is 0 Å². The molecule has 0 radical (unpaired) electrons. The number of hydrogen-bond donors (Lipinski definition) is 1. The van der Waals surface area contributed by atoms with E-state index in [9.17, 15) is 4.79 Å². The van der Waals surface area contributed by atoms with E-state index in [1.54, 1.807) is 0 Å². The second-order valence-electron chi connectivity index (χ2n) is 5.73. The molecule has 1 unspecified atom stereocenters. The highest BCUT2D eigenvalue weighted by Gasteiger charge is 2.38. The number of nitrogens with one attached hydrogen (secondary N) is 1. The molecule has 0 aliphatic carbocycles. The number of carbonyl (C=O) groups excluding carboxylic acids is 1. The highest BCUT2D eigenvalue weighted by molar-refractivity contribution is 5.85. The van der Waals surface area contributed by atoms with Crippen LogP contribution in [0.2, 0.25) is 0 Å². The van der Waals surface area contributed by atoms with E-state index < -0.39 is 0 Å². The molecule has 2 rings (SSSR count). The lowest BCUT2D eigenvalue weighted by atomic mass is 9.88. The number of hydrogen-bond acceptors (Lipinski definition) is 3. The molecule has 0 bridgehead atoms. The summed E-state index contributed by atoms with van der Waals surface area (Å²) >= 11 is 0. The van der Waals surface area contributed by atoms with Crippen LogP contribution in [-0.4, -0.2) is 37.6 Å². The van der Waals surface area contributed by atoms with Gasteiger partial charge < -0.3 is 15.0 Å². The molecule has 1 aliphatic heterocycles. The molecule has 0 spiro atoms. The van der Waals surface area contributed by atoms with Crippen LogP contribution in [0.1, 0.15) is 25.8 Å². The van der Waals surface area contributed by atoms with Crippen molar-refractivity contribution in [3.63, 3.8) is 0 Å². The van der Waals surface area contributed by atoms with Crippen molar-refractivity contribution in [1.29, 1.82) is 0 Å². The van der Waals surface area contributed by atoms with E-state index in [1.165, 1.54) is 0 Å². The van der Waals surface area contributed by atoms with Gasteiger partial charge in [0.05, 0.1) is 12.0 Å². The quantitative estimate of drug-likeness (QED) is 0.908. The van der Waals surface area contributed by atoms with Crippen molar-refractivity contribution in [3.8, 4) is 5.75 Å². The Morgan fingerprint density at radius 1 is 1.38 bits per heavy atom. The van der Waals surface area contributed by atoms with Gasteiger partial charge in [-0.3, -0.25) is 4.79 Å². The molecular formula is C16H25ClN2O2. The number of nitrogens with zero attached hydrogens (tertiary/aromatic N) is 1. The van der Waals surface area contributed by atoms with Gasteiger partial charge in [-0.25, -0.2) is 0 Å². The Balaban J connectivity index is 0.00000220. The Labute approximate surface area is 133 Å². The Kier molecular flexibility index (Phi) is 6.49. The minimum absolute atomic E-state index is 0. The number of amides is 1. The molecule has 0 aromatic heterocycles. The highest BCUT2D eigenvalue weighted by Crippen LogP contribution is 2.27. The number of ether oxygens (including phenoxy) is 1. The predicted molar refractivity (Wildman–Crippen MR) is 86.9 cm³/mol. The van der Waals surface area contributed by atoms with E-state index in [-0.39, 0.29) is 23.7 Å². The molecule has 4 nitrogen and oxygen atoms in total. The fraction of sp³-hybridized carbons (Fsp3) is 0.562. The minimum Gasteiger partial charge on any atom is -0.494 e. The van der Waals surface area contributed by atoms with Crippen LogP contribution in [0.15, 0.2) is 24.3 Å². The monoisotopic (exact) mass is 312 g/mol. The number of carbonyl (C=O) groups is 1. The minimum atomic E-state index is -0.250. The van der Waals surface area contributed by atoms with Crippen molar-refractivity contribution in [2.75, 3.05) is 26.7 Å². The van der Waals surface area contributed by atoms with Crippen LogP contribution in [0.5, 0.6) is 5.75 Å². The van der Waals surface area contributed by atoms with Crippen molar-refractivity contribution in [2.45, 2.75) is 26.8 Å². The summed E-state index contributed by atoms with van der Waals surface area (Å²) in [7, 11) is 1.88. The molecule has 1 amide bonds. The third-order valence-corrected chi connectivity index (χ3v) is 3.89. The van der Waals surface area contributed by atoms with Gasteiger partial charge in [0.1, 0.15) is 5.75 Å². The molecule has 1 saturated heterocycles. The van der Waals surface area contributed by atoms with E-state index in [0.29, 0.717) is 13.2 Å². The van der Waals surface area contributed by atoms with Crippen LogP contribution < -0.4 is 10.1 Å². The third kappa shape index (κ3) is 4.35. The number of rotatable bonds is 5. The summed E-state index contributed by atoms with van der Waals surface area (Å²) < 4.78 is 5.42. The first-order chi connectivity index (χ1) is 9.55. The first kappa shape index (κ1) is 17.8. The van der Waals surface area contributed by atoms with Crippen molar-refractivity contribution in [1.82, 2.24) is 10.2 Å². The van der Waals surface area contributed by atoms with Gasteiger partial charge >= 0.3 is 0 Å². The molecule has 1 atom stereocenters. The number of halogens is 1. The fourth-order valence-corrected chi connectivity index (χ4v) is 2.66. The van der Waals surface area contributed by atoms with Crippen LogP contribution >= 0.6 is 12.4 Å². The van der Waals surface area contributed by atoms with E-state index in [1.807, 2.05) is 50.1 Å². The normalized spacial score (nSPS) is 20.7. The van der Waals surface area contributed by atoms with Gasteiger partial charge in [0.2, 0.25) is 5.91 Å². The lowest BCUT2D eigenvalue weighted by Gasteiger charge is -2.28. The lowest BCUT2D eigenvalue weighted by Crippen LogP contribution is -2.41. The van der Waals surface area contributed by atoms with Crippen LogP contribution in [0.4, 0.5) is 0 Å². The van der Waals surface area contributed by atoms with E-state index in [4.69, 9.17) is 4.74 Å². The van der Waals surface area contributed by atoms with Gasteiger partial charge in [-0.1, -0.05) is 12.1 Å². The van der Waals surface area contributed by atoms with Crippen molar-refractivity contribution < 1.29 is 9.53 Å². The summed E-state index contributed by atoms with van der Waals surface area (Å²) in [6.45, 7) is 7.03. The van der Waals surface area contributed by atoms with Crippen molar-refractivity contribution >= 4 is 18.3 Å². The Morgan fingerprint density at radius 3 is 2.57 bits per heavy atom. The molecule has 1 fully saturated rings. The maximum atomic E-state index is 12.5. The van der Waals surface area contributed by atoms with Crippen LogP contribution in [0.25, 0.3) is 0 Å². The summed E-state index contributed by atoms with van der Waals surface area (Å²) in [6, 6.07) is 7.94. The van der Waals surface area contributed by atoms with Crippen molar-refractivity contribution in [3.05, 3.63) is 29.8 Å². The average Bonchev–Trinajstić information content (AvgIpc) is 2.88. The molecule has 1 N–H and O–H groups in total. The van der Waals surface area contributed by atoms with Crippen LogP contribution in [0, 0.1) is 5.41 Å². The summed E-state index contributed by atoms with van der Waals surface area (Å²) in [5, 5.41) is 3.27. The van der Waals surface area contributed by atoms with Gasteiger partial charge in [-0.05, 0) is 44.5 Å². The first-order valence-electron chi connectivity index (χ1n) is 7.23. The Bertz CT molecular complexity index is 456. The molecule has 1 heterocycles. The second kappa shape index (κ2) is 7.66. The van der Waals surface area contributed by atoms with Crippen LogP contribution in [0.3, 0.4) is 0 Å². The zero-order chi connectivity index (χ0) is 14.6. The van der Waals surface area contributed by atoms with Crippen LogP contribution in [-0.2, 0) is 11.3 Å². The zero-order valence-electron chi connectivity index (χ0n) is 13.0. The van der Waals surface area contributed by atoms with Gasteiger partial charge in [-0.15, -0.1) is 12.4 Å². The average molecular weight is 313 g/mol. The SMILES string of the molecule is CCOc1ccc(CN(C)C(=O)C2(C)CCNC2)cc1.Cl. The molecule has 0 saturated carbocycles. The molecule has 118 valence electrons. The maximum Gasteiger partial charge on any atom is 0.229 e. The van der Waals surface area contributed by atoms with E-state index in [2.05, 4.69) is 5.32 Å². The smallest absolute Gasteiger partial charge is 0.229 e. The molecule has 1 aromatic carbocycles. The zero-order valence-corrected chi connectivity index (χ0v) is 13.8. The summed E-state index contributed by atoms with van der Waals surface area (Å²) in [5.74, 6) is 1.09. The summed E-state index contributed by atoms with van der Waals surface area (Å²) in [6.07, 6.45) is 0.916. The Hall–Kier alpha value is -1.26. The van der Waals surface area contributed by atoms with E-state index >= 15 is 0 Å². The molecule has 5 heteroatoms. The second-order valence-corrected chi connectivity index (χ2v) is 5.73. The molecule has 21 heavy (non-hydrogen) atoms. The fourth-order valence-electron chi connectivity index (χ4n) is 2.66. The van der Waals surface area contributed by atoms with Gasteiger partial charge in [0, 0.05) is 20.1 Å². The third-order valence-electron chi connectivity index (χ3n) is 3.89. The van der Waals surface area contributed by atoms with Gasteiger partial charge in [-0.2, -0.15) is 0 Å². The molecule has 1 aromatic rings. The van der Waals surface area contributed by atoms with Crippen molar-refractivity contribution in [2.24, 2.45) is 5.41 Å². The molecular weight excluding hydrogens is 288 g/mol. The summed E-state index contributed by atoms with van der Waals surface area (Å²) in [5.41, 5.74) is 0.874. The lowest BCUT2D eigenvalue weighted by molar-refractivity contribution is -0.139. The molecule has 1 aliphatic rings. The maximum absolute atomic E-state index is 12.5. The number of benzene rings is 1. The standard InChI is InChI=1S/C16H24N2O2.ClH/c1-4-20-14-7-5-13(6-8-14)11-18(3)15(19)16(2)9-10-17-12-16;/h5-8,17H,4,9-12H2,1-3H3;1H. The summed E-state index contributed by atoms with van der Waals surface area (Å²) in [4.78, 5) is 14.3. The topological polar surface area (TPSA) is 41.6 Å². The Morgan fingerprint density at radius 2 is 2.05 bits per heavy atom. The van der Waals surface area contributed by atoms with Gasteiger partial charge in [0.15, 0.2) is 0 Å². The first-order valence-corrected chi connectivity index (χ1v) is 7.23. The van der Waals surface area contributed by atoms with E-state index in [0.717, 1.165) is 30.8 Å². The highest BCUT2D eigenvalue weighted by atomic mass is 35.5. The largest absolute Gasteiger partial charge is 0.494 e.